The van der Waals surface area contributed by atoms with Crippen molar-refractivity contribution in [1.82, 2.24) is 25.5 Å². The fourth-order valence-corrected chi connectivity index (χ4v) is 3.46. The smallest absolute Gasteiger partial charge is 0.254 e. The van der Waals surface area contributed by atoms with Crippen molar-refractivity contribution < 1.29 is 9.53 Å². The summed E-state index contributed by atoms with van der Waals surface area (Å²) in [5.74, 6) is -0.0992. The molecule has 0 spiro atoms. The SMILES string of the molecule is Cc1sc(-n2cnnn2)c(C(=O)NC[C@@H]2CCCO2)c1C. The first-order valence-electron chi connectivity index (χ1n) is 6.90. The lowest BCUT2D eigenvalue weighted by atomic mass is 10.1. The molecule has 3 heterocycles. The van der Waals surface area contributed by atoms with Gasteiger partial charge in [-0.2, -0.15) is 4.68 Å². The van der Waals surface area contributed by atoms with Crippen LogP contribution in [0.3, 0.4) is 0 Å². The number of nitrogens with one attached hydrogen (secondary N) is 1. The van der Waals surface area contributed by atoms with Gasteiger partial charge in [-0.1, -0.05) is 0 Å². The zero-order valence-electron chi connectivity index (χ0n) is 12.0. The second-order valence-corrected chi connectivity index (χ2v) is 6.27. The molecular weight excluding hydrogens is 290 g/mol. The predicted octanol–water partition coefficient (Wildman–Crippen LogP) is 1.25. The lowest BCUT2D eigenvalue weighted by Gasteiger charge is -2.11. The highest BCUT2D eigenvalue weighted by molar-refractivity contribution is 7.15. The summed E-state index contributed by atoms with van der Waals surface area (Å²) in [7, 11) is 0. The molecule has 1 N–H and O–H groups in total. The van der Waals surface area contributed by atoms with E-state index in [9.17, 15) is 4.79 Å². The summed E-state index contributed by atoms with van der Waals surface area (Å²) >= 11 is 1.51. The summed E-state index contributed by atoms with van der Waals surface area (Å²) in [6, 6.07) is 0. The van der Waals surface area contributed by atoms with Gasteiger partial charge in [0, 0.05) is 18.0 Å². The van der Waals surface area contributed by atoms with Gasteiger partial charge < -0.3 is 10.1 Å². The van der Waals surface area contributed by atoms with Gasteiger partial charge in [-0.15, -0.1) is 16.4 Å². The molecule has 1 amide bonds. The van der Waals surface area contributed by atoms with Gasteiger partial charge in [-0.3, -0.25) is 4.79 Å². The predicted molar refractivity (Wildman–Crippen MR) is 77.8 cm³/mol. The van der Waals surface area contributed by atoms with Crippen molar-refractivity contribution in [2.24, 2.45) is 0 Å². The zero-order valence-corrected chi connectivity index (χ0v) is 12.8. The lowest BCUT2D eigenvalue weighted by molar-refractivity contribution is 0.0857. The van der Waals surface area contributed by atoms with Gasteiger partial charge in [0.25, 0.3) is 5.91 Å². The van der Waals surface area contributed by atoms with Crippen LogP contribution in [0.1, 0.15) is 33.6 Å². The highest BCUT2D eigenvalue weighted by Gasteiger charge is 2.23. The van der Waals surface area contributed by atoms with Gasteiger partial charge in [0.1, 0.15) is 11.3 Å². The number of amides is 1. The molecule has 0 bridgehead atoms. The highest BCUT2D eigenvalue weighted by atomic mass is 32.1. The van der Waals surface area contributed by atoms with E-state index in [0.717, 1.165) is 34.9 Å². The van der Waals surface area contributed by atoms with Crippen molar-refractivity contribution in [3.05, 3.63) is 22.3 Å². The first-order valence-corrected chi connectivity index (χ1v) is 7.71. The Morgan fingerprint density at radius 1 is 1.57 bits per heavy atom. The summed E-state index contributed by atoms with van der Waals surface area (Å²) in [6.45, 7) is 5.26. The van der Waals surface area contributed by atoms with E-state index in [1.165, 1.54) is 22.3 Å². The van der Waals surface area contributed by atoms with Crippen LogP contribution in [0, 0.1) is 13.8 Å². The van der Waals surface area contributed by atoms with Crippen LogP contribution < -0.4 is 5.32 Å². The monoisotopic (exact) mass is 307 g/mol. The van der Waals surface area contributed by atoms with E-state index in [1.54, 1.807) is 0 Å². The van der Waals surface area contributed by atoms with Crippen molar-refractivity contribution >= 4 is 17.2 Å². The Morgan fingerprint density at radius 2 is 2.43 bits per heavy atom. The van der Waals surface area contributed by atoms with E-state index in [0.29, 0.717) is 12.1 Å². The second-order valence-electron chi connectivity index (χ2n) is 5.06. The minimum Gasteiger partial charge on any atom is -0.376 e. The average molecular weight is 307 g/mol. The molecule has 1 saturated heterocycles. The van der Waals surface area contributed by atoms with Crippen LogP contribution in [-0.4, -0.2) is 45.4 Å². The van der Waals surface area contributed by atoms with Crippen LogP contribution in [0.4, 0.5) is 0 Å². The fraction of sp³-hybridized carbons (Fsp3) is 0.538. The molecular formula is C13H17N5O2S. The van der Waals surface area contributed by atoms with Crippen LogP contribution in [0.25, 0.3) is 5.00 Å². The highest BCUT2D eigenvalue weighted by Crippen LogP contribution is 2.30. The van der Waals surface area contributed by atoms with E-state index in [2.05, 4.69) is 20.8 Å². The average Bonchev–Trinajstić information content (AvgIpc) is 3.19. The van der Waals surface area contributed by atoms with E-state index >= 15 is 0 Å². The summed E-state index contributed by atoms with van der Waals surface area (Å²) in [4.78, 5) is 13.6. The Bertz CT molecular complexity index is 631. The van der Waals surface area contributed by atoms with Crippen LogP contribution in [-0.2, 0) is 4.74 Å². The van der Waals surface area contributed by atoms with Crippen LogP contribution >= 0.6 is 11.3 Å². The normalized spacial score (nSPS) is 18.1. The van der Waals surface area contributed by atoms with E-state index in [-0.39, 0.29) is 12.0 Å². The van der Waals surface area contributed by atoms with Gasteiger partial charge in [-0.25, -0.2) is 0 Å². The van der Waals surface area contributed by atoms with Gasteiger partial charge in [0.05, 0.1) is 11.7 Å². The number of ether oxygens (including phenoxy) is 1. The number of rotatable bonds is 4. The quantitative estimate of drug-likeness (QED) is 0.919. The molecule has 21 heavy (non-hydrogen) atoms. The van der Waals surface area contributed by atoms with E-state index in [1.807, 2.05) is 13.8 Å². The molecule has 1 aliphatic heterocycles. The molecule has 0 radical (unpaired) electrons. The largest absolute Gasteiger partial charge is 0.376 e. The van der Waals surface area contributed by atoms with Gasteiger partial charge >= 0.3 is 0 Å². The van der Waals surface area contributed by atoms with Crippen LogP contribution in [0.5, 0.6) is 0 Å². The molecule has 112 valence electrons. The molecule has 3 rings (SSSR count). The number of hydrogen-bond acceptors (Lipinski definition) is 6. The first kappa shape index (κ1) is 14.2. The maximum Gasteiger partial charge on any atom is 0.254 e. The maximum atomic E-state index is 12.5. The summed E-state index contributed by atoms with van der Waals surface area (Å²) < 4.78 is 7.06. The fourth-order valence-electron chi connectivity index (χ4n) is 2.39. The van der Waals surface area contributed by atoms with Gasteiger partial charge in [0.2, 0.25) is 0 Å². The molecule has 1 atom stereocenters. The molecule has 7 nitrogen and oxygen atoms in total. The summed E-state index contributed by atoms with van der Waals surface area (Å²) in [6.07, 6.45) is 3.70. The Kier molecular flexibility index (Phi) is 3.98. The van der Waals surface area contributed by atoms with Crippen molar-refractivity contribution in [3.63, 3.8) is 0 Å². The minimum absolute atomic E-state index is 0.0992. The molecule has 0 aromatic carbocycles. The van der Waals surface area contributed by atoms with Crippen molar-refractivity contribution in [2.45, 2.75) is 32.8 Å². The van der Waals surface area contributed by atoms with E-state index < -0.39 is 0 Å². The first-order chi connectivity index (χ1) is 10.2. The third kappa shape index (κ3) is 2.81. The molecule has 8 heteroatoms. The number of carbonyl (C=O) groups is 1. The number of aromatic nitrogens is 4. The van der Waals surface area contributed by atoms with Gasteiger partial charge in [0.15, 0.2) is 0 Å². The third-order valence-corrected chi connectivity index (χ3v) is 4.86. The number of carbonyl (C=O) groups excluding carboxylic acids is 1. The molecule has 1 aliphatic rings. The molecule has 0 unspecified atom stereocenters. The Balaban J connectivity index is 1.81. The molecule has 2 aromatic heterocycles. The van der Waals surface area contributed by atoms with E-state index in [4.69, 9.17) is 4.74 Å². The number of nitrogens with zero attached hydrogens (tertiary/aromatic N) is 4. The third-order valence-electron chi connectivity index (χ3n) is 3.67. The molecule has 0 saturated carbocycles. The zero-order chi connectivity index (χ0) is 14.8. The lowest BCUT2D eigenvalue weighted by Crippen LogP contribution is -2.32. The number of thiophene rings is 1. The Hall–Kier alpha value is -1.80. The molecule has 0 aliphatic carbocycles. The molecule has 1 fully saturated rings. The number of aryl methyl sites for hydroxylation is 1. The van der Waals surface area contributed by atoms with Gasteiger partial charge in [-0.05, 0) is 42.7 Å². The van der Waals surface area contributed by atoms with Crippen LogP contribution in [0.15, 0.2) is 6.33 Å². The number of hydrogen-bond donors (Lipinski definition) is 1. The summed E-state index contributed by atoms with van der Waals surface area (Å²) in [5.41, 5.74) is 1.61. The maximum absolute atomic E-state index is 12.5. The number of tetrazole rings is 1. The van der Waals surface area contributed by atoms with Crippen molar-refractivity contribution in [2.75, 3.05) is 13.2 Å². The van der Waals surface area contributed by atoms with Crippen molar-refractivity contribution in [3.8, 4) is 5.00 Å². The second kappa shape index (κ2) is 5.90. The summed E-state index contributed by atoms with van der Waals surface area (Å²) in [5, 5.41) is 14.9. The Morgan fingerprint density at radius 3 is 3.10 bits per heavy atom. The topological polar surface area (TPSA) is 81.9 Å². The van der Waals surface area contributed by atoms with Crippen molar-refractivity contribution in [1.29, 1.82) is 0 Å². The molecule has 2 aromatic rings. The minimum atomic E-state index is -0.0992. The van der Waals surface area contributed by atoms with Crippen LogP contribution in [0.2, 0.25) is 0 Å². The Labute approximate surface area is 126 Å². The standard InChI is InChI=1S/C13H17N5O2S/c1-8-9(2)21-13(18-7-15-16-17-18)11(8)12(19)14-6-10-4-3-5-20-10/h7,10H,3-6H2,1-2H3,(H,14,19)/t10-/m0/s1.